The van der Waals surface area contributed by atoms with Gasteiger partial charge in [0.2, 0.25) is 0 Å². The van der Waals surface area contributed by atoms with Gasteiger partial charge in [-0.3, -0.25) is 0 Å². The zero-order chi connectivity index (χ0) is 116. The number of esters is 2. The molecule has 0 bridgehead atoms. The first-order chi connectivity index (χ1) is 67.2. The Labute approximate surface area is 937 Å². The van der Waals surface area contributed by atoms with E-state index in [1.165, 1.54) is 5.57 Å². The van der Waals surface area contributed by atoms with Gasteiger partial charge in [0.25, 0.3) is 16.6 Å². The fourth-order valence-corrected chi connectivity index (χ4v) is 39.9. The Hall–Kier alpha value is -3.47. The van der Waals surface area contributed by atoms with Crippen molar-refractivity contribution in [2.75, 3.05) is 0 Å². The molecule has 0 spiro atoms. The monoisotopic (exact) mass is 2300 g/mol. The van der Waals surface area contributed by atoms with Crippen LogP contribution in [0.15, 0.2) is 132 Å². The minimum Gasteiger partial charge on any atom is -0.542 e. The molecule has 0 unspecified atom stereocenters. The summed E-state index contributed by atoms with van der Waals surface area (Å²) in [5.41, 5.74) is 6.03. The molecule has 0 aromatic heterocycles. The maximum absolute atomic E-state index is 16.3. The number of benzene rings is 2. The fraction of sp³-hybridized carbons (Fsp3) is 0.726. The molecule has 0 fully saturated rings. The second-order valence-electron chi connectivity index (χ2n) is 57.7. The van der Waals surface area contributed by atoms with Crippen LogP contribution in [0.5, 0.6) is 11.5 Å². The van der Waals surface area contributed by atoms with Crippen LogP contribution in [0, 0.1) is 12.3 Å². The molecule has 0 heterocycles. The van der Waals surface area contributed by atoms with Crippen molar-refractivity contribution in [2.24, 2.45) is 0 Å². The Balaban J connectivity index is 3.20. The van der Waals surface area contributed by atoms with Crippen LogP contribution in [-0.2, 0) is 44.9 Å². The highest BCUT2D eigenvalue weighted by atomic mass is 79.9. The minimum atomic E-state index is -2.69. The van der Waals surface area contributed by atoms with Crippen LogP contribution in [0.1, 0.15) is 373 Å². The summed E-state index contributed by atoms with van der Waals surface area (Å²) in [4.78, 5) is 34.0. The van der Waals surface area contributed by atoms with Crippen molar-refractivity contribution in [3.05, 3.63) is 154 Å². The smallest absolute Gasteiger partial charge is 0.342 e. The van der Waals surface area contributed by atoms with E-state index in [9.17, 15) is 0 Å². The molecule has 0 saturated carbocycles. The van der Waals surface area contributed by atoms with E-state index in [1.54, 1.807) is 0 Å². The van der Waals surface area contributed by atoms with Gasteiger partial charge < -0.3 is 53.7 Å². The summed E-state index contributed by atoms with van der Waals surface area (Å²) in [6.45, 7) is 128. The van der Waals surface area contributed by atoms with Crippen molar-refractivity contribution in [1.29, 1.82) is 0 Å². The molecule has 0 radical (unpaired) electrons. The normalized spacial score (nSPS) is 16.9. The molecule has 149 heavy (non-hydrogen) atoms. The van der Waals surface area contributed by atoms with Crippen LogP contribution in [0.3, 0.4) is 0 Å². The standard InChI is InChI=1S/C124H227BrO14Si10/c1-58-70-97(14)83-109(136-146(54,55)123(36,37)38)89-105(134-144(50,51)121(30,31)32)78-68-76-103(132-142(46,47)119(24,25)26)87-107(85-99(16)130-140(42,43)117(18,19)20)128-115(126)113-101(74-66-80-111(113)138-148(91(2)3,92(4)5)93(6)7)72-63-61-59-60-62-71-98(15)84-110(137-147(56,57)124(39,40)41)90-106(135-145(52,53)122(33,34)35)79-69-77-104(133-143(48,49)120(27,28)29)88-108(86-100(17)131-141(44,45)118(21,22)23)129-116(127)114-102(73-64-65-82-125)75-67-81-112(114)139-149(94(8)9,95(10)11)96(12)13/h1,59-75,78-82,91-96,99-100,103-110H,76-77,83-90H2,2-57H3/b61-59+,62-60+,72-63+,73-64+,78-68+,79-69+,82-65+,97-70+,98-71+/t99-,100-,103+,104+,105-,106-,107+,108+,109+,110+/m1/s1. The molecule has 0 aliphatic heterocycles. The van der Waals surface area contributed by atoms with Gasteiger partial charge in [0.15, 0.2) is 66.5 Å². The molecule has 2 rings (SSSR count). The first kappa shape index (κ1) is 142. The van der Waals surface area contributed by atoms with E-state index < -0.39 is 107 Å². The van der Waals surface area contributed by atoms with Gasteiger partial charge >= 0.3 is 11.9 Å². The highest BCUT2D eigenvalue weighted by molar-refractivity contribution is 9.11. The fourth-order valence-electron chi connectivity index (χ4n) is 18.2. The Kier molecular flexibility index (Phi) is 54.6. The number of hydrogen-bond acceptors (Lipinski definition) is 14. The summed E-state index contributed by atoms with van der Waals surface area (Å²) in [6, 6.07) is 12.0. The van der Waals surface area contributed by atoms with Crippen molar-refractivity contribution in [3.63, 3.8) is 0 Å². The Morgan fingerprint density at radius 3 is 0.872 bits per heavy atom. The quantitative estimate of drug-likeness (QED) is 0.0204. The van der Waals surface area contributed by atoms with Crippen molar-refractivity contribution in [1.82, 2.24) is 0 Å². The van der Waals surface area contributed by atoms with E-state index >= 15 is 9.59 Å². The number of terminal acetylenes is 1. The number of allylic oxidation sites excluding steroid dienone is 9. The van der Waals surface area contributed by atoms with Gasteiger partial charge in [-0.1, -0.05) is 392 Å². The zero-order valence-corrected chi connectivity index (χ0v) is 118. The van der Waals surface area contributed by atoms with Gasteiger partial charge in [-0.25, -0.2) is 9.59 Å². The lowest BCUT2D eigenvalue weighted by molar-refractivity contribution is 0.00120. The van der Waals surface area contributed by atoms with Crippen molar-refractivity contribution in [3.8, 4) is 23.8 Å². The first-order valence-electron chi connectivity index (χ1n) is 56.8. The molecule has 2 aromatic rings. The lowest BCUT2D eigenvalue weighted by Gasteiger charge is -2.42. The van der Waals surface area contributed by atoms with Gasteiger partial charge in [0.1, 0.15) is 34.8 Å². The third-order valence-electron chi connectivity index (χ3n) is 35.0. The molecule has 14 nitrogen and oxygen atoms in total. The maximum atomic E-state index is 16.3. The van der Waals surface area contributed by atoms with Gasteiger partial charge in [-0.05, 0) is 266 Å². The van der Waals surface area contributed by atoms with Crippen molar-refractivity contribution >= 4 is 123 Å². The molecular weight excluding hydrogens is 2070 g/mol. The topological polar surface area (TPSA) is 145 Å². The predicted molar refractivity (Wildman–Crippen MR) is 678 cm³/mol. The van der Waals surface area contributed by atoms with Crippen molar-refractivity contribution < 1.29 is 63.3 Å². The summed E-state index contributed by atoms with van der Waals surface area (Å²) in [7, 11) is -24.4. The molecule has 854 valence electrons. The van der Waals surface area contributed by atoms with Crippen LogP contribution >= 0.6 is 15.9 Å². The summed E-state index contributed by atoms with van der Waals surface area (Å²) < 4.78 is 89.5. The summed E-state index contributed by atoms with van der Waals surface area (Å²) in [5, 5.41) is -0.602. The summed E-state index contributed by atoms with van der Waals surface area (Å²) in [6.07, 6.45) is 39.7. The van der Waals surface area contributed by atoms with Gasteiger partial charge in [0, 0.05) is 50.7 Å². The second-order valence-corrected chi connectivity index (χ2v) is 107. The third-order valence-corrected chi connectivity index (χ3v) is 83.6. The second kappa shape index (κ2) is 57.5. The van der Waals surface area contributed by atoms with E-state index in [1.807, 2.05) is 83.9 Å². The first-order valence-corrected chi connectivity index (χ1v) is 85.2. The molecule has 0 amide bonds. The molecule has 25 heteroatoms. The van der Waals surface area contributed by atoms with Crippen LogP contribution in [0.4, 0.5) is 0 Å². The number of carbonyl (C=O) groups is 2. The largest absolute Gasteiger partial charge is 0.542 e. The van der Waals surface area contributed by atoms with Crippen LogP contribution in [-0.4, -0.2) is 156 Å². The molecule has 10 atom stereocenters. The van der Waals surface area contributed by atoms with E-state index in [2.05, 4.69) is 452 Å². The van der Waals surface area contributed by atoms with Crippen molar-refractivity contribution in [2.45, 2.75) is 581 Å². The number of hydrogen-bond donors (Lipinski definition) is 0. The molecule has 0 aliphatic carbocycles. The molecule has 0 aliphatic rings. The Morgan fingerprint density at radius 1 is 0.329 bits per heavy atom. The molecule has 2 aromatic carbocycles. The average Bonchev–Trinajstić information content (AvgIpc) is 0.772. The summed E-state index contributed by atoms with van der Waals surface area (Å²) in [5.74, 6) is 3.05. The van der Waals surface area contributed by atoms with Gasteiger partial charge in [0.05, 0.1) is 36.6 Å². The van der Waals surface area contributed by atoms with E-state index in [-0.39, 0.29) is 122 Å². The highest BCUT2D eigenvalue weighted by Crippen LogP contribution is 2.51. The lowest BCUT2D eigenvalue weighted by Crippen LogP contribution is -2.51. The predicted octanol–water partition coefficient (Wildman–Crippen LogP) is 40.3. The molecular formula is C124H227BrO14Si10. The average molecular weight is 2300 g/mol. The minimum absolute atomic E-state index is 0.0127. The van der Waals surface area contributed by atoms with Crippen LogP contribution in [0.25, 0.3) is 12.2 Å². The van der Waals surface area contributed by atoms with Crippen LogP contribution in [0.2, 0.25) is 178 Å². The van der Waals surface area contributed by atoms with Gasteiger partial charge in [-0.2, -0.15) is 0 Å². The number of carbonyl (C=O) groups excluding carboxylic acids is 2. The summed E-state index contributed by atoms with van der Waals surface area (Å²) >= 11 is 3.47. The number of ether oxygens (including phenoxy) is 2. The van der Waals surface area contributed by atoms with E-state index in [0.29, 0.717) is 92.4 Å². The number of rotatable bonds is 58. The SMILES string of the molecule is C#C/C=C(\C)C[C@@H](C[C@@H](/C=C/C[C@@H](C[C@H](C[C@@H](C)O[Si](C)(C)C(C)(C)C)OC(=O)c1c(/C=C/C=C/C=C/C=C(\C)C[C@@H](C[C@@H](/C=C/C[C@@H](C[C@H](C[C@@H](C)O[Si](C)(C)C(C)(C)C)OC(=O)c2c(/C=C/C=C/Br)cccc2O[Si](C(C)C)(C(C)C)C(C)C)O[Si](C)(C)C(C)(C)C)O[Si](C)(C)C(C)(C)C)O[Si](C)(C)C(C)(C)C)cccc1O[Si](C(C)C)(C(C)C)C(C)C)O[Si](C)(C)C(C)(C)C)O[Si](C)(C)C(C)(C)C)O[Si](C)(C)C(C)(C)C. The van der Waals surface area contributed by atoms with Crippen LogP contribution < -0.4 is 8.85 Å². The number of halogens is 1. The van der Waals surface area contributed by atoms with Gasteiger partial charge in [-0.15, -0.1) is 6.42 Å². The molecule has 0 N–H and O–H groups in total. The van der Waals surface area contributed by atoms with E-state index in [4.69, 9.17) is 60.2 Å². The third kappa shape index (κ3) is 43.3. The lowest BCUT2D eigenvalue weighted by atomic mass is 10.0. The maximum Gasteiger partial charge on any atom is 0.342 e. The Bertz CT molecular complexity index is 4740. The van der Waals surface area contributed by atoms with E-state index in [0.717, 1.165) is 11.1 Å². The molecule has 0 saturated heterocycles. The zero-order valence-electron chi connectivity index (χ0n) is 106. The highest BCUT2D eigenvalue weighted by Gasteiger charge is 2.53. The Morgan fingerprint density at radius 2 is 0.591 bits per heavy atom.